The predicted octanol–water partition coefficient (Wildman–Crippen LogP) is 3.03. The van der Waals surface area contributed by atoms with Crippen molar-refractivity contribution < 1.29 is 9.59 Å². The maximum absolute atomic E-state index is 12.9. The van der Waals surface area contributed by atoms with Gasteiger partial charge in [0.15, 0.2) is 0 Å². The normalized spacial score (nSPS) is 11.6. The van der Waals surface area contributed by atoms with Gasteiger partial charge >= 0.3 is 159 Å². The van der Waals surface area contributed by atoms with Crippen LogP contribution < -0.4 is 10.6 Å². The van der Waals surface area contributed by atoms with Crippen molar-refractivity contribution in [1.82, 2.24) is 5.32 Å². The number of hydrogen-bond acceptors (Lipinski definition) is 2. The molecule has 5 heteroatoms. The molecule has 0 saturated carbocycles. The fraction of sp³-hybridized carbons (Fsp3) is 0.143. The number of amides is 2. The summed E-state index contributed by atoms with van der Waals surface area (Å²) in [6.45, 7) is 1.94. The van der Waals surface area contributed by atoms with Crippen molar-refractivity contribution in [2.75, 3.05) is 5.32 Å². The van der Waals surface area contributed by atoms with Gasteiger partial charge in [-0.2, -0.15) is 0 Å². The molecule has 3 rings (SSSR count). The molecule has 1 aromatic heterocycles. The first-order valence-electron chi connectivity index (χ1n) is 8.38. The van der Waals surface area contributed by atoms with E-state index in [0.717, 1.165) is 21.3 Å². The van der Waals surface area contributed by atoms with E-state index >= 15 is 0 Å². The van der Waals surface area contributed by atoms with Crippen molar-refractivity contribution >= 4 is 32.0 Å². The van der Waals surface area contributed by atoms with Crippen molar-refractivity contribution in [1.29, 1.82) is 0 Å². The Morgan fingerprint density at radius 3 is 2.38 bits per heavy atom. The van der Waals surface area contributed by atoms with Gasteiger partial charge in [-0.3, -0.25) is 0 Å². The van der Waals surface area contributed by atoms with Gasteiger partial charge in [-0.05, 0) is 0 Å². The van der Waals surface area contributed by atoms with Gasteiger partial charge in [-0.1, -0.05) is 0 Å². The van der Waals surface area contributed by atoms with Crippen molar-refractivity contribution in [3.63, 3.8) is 0 Å². The fourth-order valence-electron chi connectivity index (χ4n) is 2.63. The summed E-state index contributed by atoms with van der Waals surface area (Å²) in [5, 5.41) is 5.85. The topological polar surface area (TPSA) is 58.2 Å². The molecule has 26 heavy (non-hydrogen) atoms. The Hall–Kier alpha value is -2.62. The standard InChI is InChI=1S/C21H20N2O2Se/c1-15-8-5-6-11-17(15)22-20(24)18(14-16-9-3-2-4-10-16)23-21(25)19-12-7-13-26-19/h2-13,18H,14H2,1H3,(H,22,24)(H,23,25)/t18-/m1/s1. The van der Waals surface area contributed by atoms with Crippen LogP contribution in [0.3, 0.4) is 0 Å². The van der Waals surface area contributed by atoms with E-state index < -0.39 is 6.04 Å². The summed E-state index contributed by atoms with van der Waals surface area (Å²) in [5.41, 5.74) is 2.74. The molecule has 0 aliphatic carbocycles. The monoisotopic (exact) mass is 412 g/mol. The molecule has 0 unspecified atom stereocenters. The van der Waals surface area contributed by atoms with Crippen LogP contribution in [0.15, 0.2) is 71.7 Å². The van der Waals surface area contributed by atoms with E-state index in [2.05, 4.69) is 10.6 Å². The van der Waals surface area contributed by atoms with E-state index in [1.165, 1.54) is 0 Å². The average Bonchev–Trinajstić information content (AvgIpc) is 3.19. The Morgan fingerprint density at radius 1 is 0.962 bits per heavy atom. The van der Waals surface area contributed by atoms with Crippen LogP contribution in [0.1, 0.15) is 20.4 Å². The molecule has 0 saturated heterocycles. The van der Waals surface area contributed by atoms with E-state index in [1.54, 1.807) is 0 Å². The Bertz CT molecular complexity index is 876. The van der Waals surface area contributed by atoms with E-state index in [0.29, 0.717) is 6.42 Å². The van der Waals surface area contributed by atoms with Crippen LogP contribution in [-0.4, -0.2) is 32.4 Å². The van der Waals surface area contributed by atoms with Crippen LogP contribution in [0, 0.1) is 6.92 Å². The first-order valence-corrected chi connectivity index (χ1v) is 10.2. The van der Waals surface area contributed by atoms with Crippen molar-refractivity contribution in [3.05, 3.63) is 87.2 Å². The summed E-state index contributed by atoms with van der Waals surface area (Å²) >= 11 is 0.0356. The van der Waals surface area contributed by atoms with Gasteiger partial charge in [0, 0.05) is 0 Å². The summed E-state index contributed by atoms with van der Waals surface area (Å²) in [4.78, 5) is 27.3. The molecule has 0 bridgehead atoms. The number of rotatable bonds is 6. The molecule has 0 fully saturated rings. The summed E-state index contributed by atoms with van der Waals surface area (Å²) < 4.78 is 0.735. The van der Waals surface area contributed by atoms with Gasteiger partial charge in [0.2, 0.25) is 0 Å². The van der Waals surface area contributed by atoms with Crippen LogP contribution >= 0.6 is 0 Å². The molecule has 2 N–H and O–H groups in total. The van der Waals surface area contributed by atoms with Gasteiger partial charge in [0.25, 0.3) is 0 Å². The minimum absolute atomic E-state index is 0.0356. The average molecular weight is 411 g/mol. The third-order valence-corrected chi connectivity index (χ3v) is 5.87. The zero-order valence-corrected chi connectivity index (χ0v) is 16.2. The number of para-hydroxylation sites is 1. The molecule has 4 nitrogen and oxygen atoms in total. The zero-order chi connectivity index (χ0) is 18.4. The van der Waals surface area contributed by atoms with Crippen molar-refractivity contribution in [3.8, 4) is 0 Å². The van der Waals surface area contributed by atoms with Crippen LogP contribution in [0.5, 0.6) is 0 Å². The van der Waals surface area contributed by atoms with E-state index in [9.17, 15) is 9.59 Å². The molecule has 0 radical (unpaired) electrons. The molecule has 1 heterocycles. The number of aryl methyl sites for hydroxylation is 1. The molecule has 1 atom stereocenters. The number of carbonyl (C=O) groups is 2. The fourth-order valence-corrected chi connectivity index (χ4v) is 3.94. The van der Waals surface area contributed by atoms with Crippen molar-refractivity contribution in [2.45, 2.75) is 19.4 Å². The van der Waals surface area contributed by atoms with Gasteiger partial charge in [-0.15, -0.1) is 0 Å². The molecule has 0 aliphatic heterocycles. The summed E-state index contributed by atoms with van der Waals surface area (Å²) in [7, 11) is 0. The number of hydrogen-bond donors (Lipinski definition) is 2. The second-order valence-electron chi connectivity index (χ2n) is 6.00. The number of carbonyl (C=O) groups excluding carboxylic acids is 2. The molecule has 2 amide bonds. The number of nitrogens with one attached hydrogen (secondary N) is 2. The Balaban J connectivity index is 1.78. The summed E-state index contributed by atoms with van der Waals surface area (Å²) in [6.07, 6.45) is 0.442. The Labute approximate surface area is 159 Å². The van der Waals surface area contributed by atoms with E-state index in [1.807, 2.05) is 78.6 Å². The summed E-state index contributed by atoms with van der Waals surface area (Å²) in [5.74, 6) is -0.383. The van der Waals surface area contributed by atoms with Crippen LogP contribution in [0.4, 0.5) is 5.69 Å². The predicted molar refractivity (Wildman–Crippen MR) is 105 cm³/mol. The van der Waals surface area contributed by atoms with Gasteiger partial charge in [-0.25, -0.2) is 0 Å². The molecular formula is C21H20N2O2Se. The van der Waals surface area contributed by atoms with Gasteiger partial charge in [0.05, 0.1) is 0 Å². The Morgan fingerprint density at radius 2 is 1.69 bits per heavy atom. The number of benzene rings is 2. The maximum atomic E-state index is 12.9. The molecule has 3 aromatic rings. The SMILES string of the molecule is Cc1ccccc1NC(=O)[C@@H](Cc1ccccc1)NC(=O)c1ccc[se]1. The first-order chi connectivity index (χ1) is 12.6. The van der Waals surface area contributed by atoms with E-state index in [-0.39, 0.29) is 26.3 Å². The van der Waals surface area contributed by atoms with Crippen molar-refractivity contribution in [2.24, 2.45) is 0 Å². The molecule has 132 valence electrons. The molecular weight excluding hydrogens is 391 g/mol. The molecule has 0 spiro atoms. The summed E-state index contributed by atoms with van der Waals surface area (Å²) in [6, 6.07) is 20.4. The minimum atomic E-state index is -0.637. The second-order valence-corrected chi connectivity index (χ2v) is 7.99. The number of anilines is 1. The van der Waals surface area contributed by atoms with Gasteiger partial charge in [0.1, 0.15) is 0 Å². The van der Waals surface area contributed by atoms with E-state index in [4.69, 9.17) is 0 Å². The zero-order valence-electron chi connectivity index (χ0n) is 14.4. The van der Waals surface area contributed by atoms with Crippen LogP contribution in [0.2, 0.25) is 0 Å². The third-order valence-electron chi connectivity index (χ3n) is 4.05. The third kappa shape index (κ3) is 4.72. The first kappa shape index (κ1) is 18.2. The molecule has 0 aliphatic rings. The van der Waals surface area contributed by atoms with Crippen LogP contribution in [-0.2, 0) is 11.2 Å². The van der Waals surface area contributed by atoms with Crippen LogP contribution in [0.25, 0.3) is 0 Å². The second kappa shape index (κ2) is 8.65. The van der Waals surface area contributed by atoms with Gasteiger partial charge < -0.3 is 0 Å². The Kier molecular flexibility index (Phi) is 6.05. The molecule has 2 aromatic carbocycles. The quantitative estimate of drug-likeness (QED) is 0.613.